The first kappa shape index (κ1) is 16.8. The molecule has 2 aromatic rings. The van der Waals surface area contributed by atoms with Crippen LogP contribution in [0.4, 0.5) is 17.2 Å². The third kappa shape index (κ3) is 5.27. The van der Waals surface area contributed by atoms with Crippen LogP contribution in [0.2, 0.25) is 0 Å². The van der Waals surface area contributed by atoms with Crippen LogP contribution in [0, 0.1) is 11.3 Å². The van der Waals surface area contributed by atoms with Crippen molar-refractivity contribution in [1.29, 1.82) is 5.26 Å². The Bertz CT molecular complexity index is 796. The predicted octanol–water partition coefficient (Wildman–Crippen LogP) is 3.24. The molecule has 2 rings (SSSR count). The average Bonchev–Trinajstić information content (AvgIpc) is 2.55. The number of aromatic nitrogens is 1. The Kier molecular flexibility index (Phi) is 5.55. The van der Waals surface area contributed by atoms with Crippen molar-refractivity contribution in [1.82, 2.24) is 4.98 Å². The van der Waals surface area contributed by atoms with Gasteiger partial charge in [0, 0.05) is 5.69 Å². The van der Waals surface area contributed by atoms with Crippen molar-refractivity contribution in [3.05, 3.63) is 48.2 Å². The van der Waals surface area contributed by atoms with Crippen LogP contribution in [0.3, 0.4) is 0 Å². The smallest absolute Gasteiger partial charge is 0.232 e. The van der Waals surface area contributed by atoms with Crippen LogP contribution in [-0.2, 0) is 10.0 Å². The number of nitrogens with one attached hydrogen (secondary N) is 2. The SMILES string of the molecule is CCCCS(=O)(=O)Nc1ccc(Nc2cccc(C#N)c2)nc1. The molecule has 0 aliphatic heterocycles. The number of nitriles is 1. The zero-order valence-electron chi connectivity index (χ0n) is 12.8. The molecule has 0 aliphatic carbocycles. The zero-order chi connectivity index (χ0) is 16.7. The number of pyridine rings is 1. The molecule has 0 aliphatic rings. The number of unbranched alkanes of at least 4 members (excludes halogenated alkanes) is 1. The number of anilines is 3. The van der Waals surface area contributed by atoms with E-state index in [0.717, 1.165) is 12.1 Å². The molecule has 0 amide bonds. The molecule has 0 bridgehead atoms. The molecule has 23 heavy (non-hydrogen) atoms. The summed E-state index contributed by atoms with van der Waals surface area (Å²) in [7, 11) is -3.32. The quantitative estimate of drug-likeness (QED) is 0.812. The molecule has 0 atom stereocenters. The standard InChI is InChI=1S/C16H18N4O2S/c1-2-3-9-23(21,22)20-15-7-8-16(18-12-15)19-14-6-4-5-13(10-14)11-17/h4-8,10,12,20H,2-3,9H2,1H3,(H,18,19). The van der Waals surface area contributed by atoms with Crippen LogP contribution in [0.1, 0.15) is 25.3 Å². The molecular weight excluding hydrogens is 312 g/mol. The summed E-state index contributed by atoms with van der Waals surface area (Å²) in [6.45, 7) is 1.94. The molecule has 1 aromatic heterocycles. The van der Waals surface area contributed by atoms with Crippen molar-refractivity contribution >= 4 is 27.2 Å². The van der Waals surface area contributed by atoms with E-state index in [-0.39, 0.29) is 5.75 Å². The van der Waals surface area contributed by atoms with E-state index in [1.165, 1.54) is 6.20 Å². The van der Waals surface area contributed by atoms with Crippen molar-refractivity contribution in [3.63, 3.8) is 0 Å². The van der Waals surface area contributed by atoms with Gasteiger partial charge in [-0.3, -0.25) is 4.72 Å². The van der Waals surface area contributed by atoms with Gasteiger partial charge >= 0.3 is 0 Å². The zero-order valence-corrected chi connectivity index (χ0v) is 13.6. The molecule has 0 saturated heterocycles. The minimum atomic E-state index is -3.32. The summed E-state index contributed by atoms with van der Waals surface area (Å²) in [5.74, 6) is 0.668. The number of nitrogens with zero attached hydrogens (tertiary/aromatic N) is 2. The molecular formula is C16H18N4O2S. The Balaban J connectivity index is 2.03. The van der Waals surface area contributed by atoms with Gasteiger partial charge in [-0.15, -0.1) is 0 Å². The fourth-order valence-corrected chi connectivity index (χ4v) is 3.16. The lowest BCUT2D eigenvalue weighted by atomic mass is 10.2. The van der Waals surface area contributed by atoms with Crippen LogP contribution < -0.4 is 10.0 Å². The van der Waals surface area contributed by atoms with Crippen LogP contribution >= 0.6 is 0 Å². The number of sulfonamides is 1. The largest absolute Gasteiger partial charge is 0.340 e. The lowest BCUT2D eigenvalue weighted by Crippen LogP contribution is -2.16. The summed E-state index contributed by atoms with van der Waals surface area (Å²) in [4.78, 5) is 4.17. The van der Waals surface area contributed by atoms with E-state index < -0.39 is 10.0 Å². The Hall–Kier alpha value is -2.59. The van der Waals surface area contributed by atoms with E-state index in [4.69, 9.17) is 5.26 Å². The lowest BCUT2D eigenvalue weighted by Gasteiger charge is -2.09. The van der Waals surface area contributed by atoms with Gasteiger partial charge in [-0.25, -0.2) is 13.4 Å². The van der Waals surface area contributed by atoms with Crippen molar-refractivity contribution in [2.24, 2.45) is 0 Å². The second-order valence-corrected chi connectivity index (χ2v) is 6.87. The van der Waals surface area contributed by atoms with Gasteiger partial charge < -0.3 is 5.32 Å². The molecule has 0 unspecified atom stereocenters. The monoisotopic (exact) mass is 330 g/mol. The molecule has 1 heterocycles. The van der Waals surface area contributed by atoms with Crippen molar-refractivity contribution in [2.45, 2.75) is 19.8 Å². The molecule has 0 spiro atoms. The summed E-state index contributed by atoms with van der Waals surface area (Å²) in [5, 5.41) is 11.9. The van der Waals surface area contributed by atoms with Crippen LogP contribution in [0.15, 0.2) is 42.6 Å². The summed E-state index contributed by atoms with van der Waals surface area (Å²) in [5.41, 5.74) is 1.72. The number of benzene rings is 1. The van der Waals surface area contributed by atoms with E-state index in [1.807, 2.05) is 13.0 Å². The number of rotatable bonds is 7. The van der Waals surface area contributed by atoms with Gasteiger partial charge in [0.15, 0.2) is 0 Å². The Labute approximate surface area is 136 Å². The first-order valence-electron chi connectivity index (χ1n) is 7.26. The van der Waals surface area contributed by atoms with Gasteiger partial charge in [0.2, 0.25) is 10.0 Å². The van der Waals surface area contributed by atoms with Crippen LogP contribution in [0.25, 0.3) is 0 Å². The van der Waals surface area contributed by atoms with E-state index in [0.29, 0.717) is 23.5 Å². The molecule has 0 saturated carbocycles. The highest BCUT2D eigenvalue weighted by Gasteiger charge is 2.09. The summed E-state index contributed by atoms with van der Waals surface area (Å²) in [6.07, 6.45) is 2.90. The lowest BCUT2D eigenvalue weighted by molar-refractivity contribution is 0.598. The Morgan fingerprint density at radius 1 is 1.22 bits per heavy atom. The van der Waals surface area contributed by atoms with E-state index in [1.54, 1.807) is 30.3 Å². The summed E-state index contributed by atoms with van der Waals surface area (Å²) < 4.78 is 26.1. The summed E-state index contributed by atoms with van der Waals surface area (Å²) >= 11 is 0. The van der Waals surface area contributed by atoms with Gasteiger partial charge in [-0.05, 0) is 36.8 Å². The molecule has 7 heteroatoms. The summed E-state index contributed by atoms with van der Waals surface area (Å²) in [6, 6.07) is 12.4. The highest BCUT2D eigenvalue weighted by Crippen LogP contribution is 2.18. The molecule has 2 N–H and O–H groups in total. The first-order valence-corrected chi connectivity index (χ1v) is 8.91. The van der Waals surface area contributed by atoms with Crippen molar-refractivity contribution < 1.29 is 8.42 Å². The fraction of sp³-hybridized carbons (Fsp3) is 0.250. The van der Waals surface area contributed by atoms with E-state index >= 15 is 0 Å². The van der Waals surface area contributed by atoms with E-state index in [9.17, 15) is 8.42 Å². The third-order valence-electron chi connectivity index (χ3n) is 3.07. The van der Waals surface area contributed by atoms with Gasteiger partial charge in [0.05, 0.1) is 29.3 Å². The minimum absolute atomic E-state index is 0.102. The topological polar surface area (TPSA) is 94.9 Å². The third-order valence-corrected chi connectivity index (χ3v) is 4.44. The molecule has 120 valence electrons. The van der Waals surface area contributed by atoms with Crippen LogP contribution in [0.5, 0.6) is 0 Å². The molecule has 6 nitrogen and oxygen atoms in total. The normalized spacial score (nSPS) is 10.8. The maximum absolute atomic E-state index is 11.8. The molecule has 0 fully saturated rings. The minimum Gasteiger partial charge on any atom is -0.340 e. The number of hydrogen-bond donors (Lipinski definition) is 2. The molecule has 0 radical (unpaired) electrons. The van der Waals surface area contributed by atoms with Crippen LogP contribution in [-0.4, -0.2) is 19.2 Å². The van der Waals surface area contributed by atoms with Gasteiger partial charge in [0.25, 0.3) is 0 Å². The highest BCUT2D eigenvalue weighted by molar-refractivity contribution is 7.92. The van der Waals surface area contributed by atoms with Gasteiger partial charge in [0.1, 0.15) is 5.82 Å². The average molecular weight is 330 g/mol. The fourth-order valence-electron chi connectivity index (χ4n) is 1.91. The van der Waals surface area contributed by atoms with Gasteiger partial charge in [-0.1, -0.05) is 19.4 Å². The maximum Gasteiger partial charge on any atom is 0.232 e. The maximum atomic E-state index is 11.8. The second-order valence-electron chi connectivity index (χ2n) is 5.02. The Morgan fingerprint density at radius 2 is 2.04 bits per heavy atom. The predicted molar refractivity (Wildman–Crippen MR) is 91.0 cm³/mol. The first-order chi connectivity index (χ1) is 11.0. The van der Waals surface area contributed by atoms with Crippen molar-refractivity contribution in [3.8, 4) is 6.07 Å². The Morgan fingerprint density at radius 3 is 2.70 bits per heavy atom. The van der Waals surface area contributed by atoms with Crippen molar-refractivity contribution in [2.75, 3.05) is 15.8 Å². The van der Waals surface area contributed by atoms with E-state index in [2.05, 4.69) is 21.1 Å². The highest BCUT2D eigenvalue weighted by atomic mass is 32.2. The second kappa shape index (κ2) is 7.61. The molecule has 1 aromatic carbocycles. The van der Waals surface area contributed by atoms with Gasteiger partial charge in [-0.2, -0.15) is 5.26 Å². The number of hydrogen-bond acceptors (Lipinski definition) is 5.